The highest BCUT2D eigenvalue weighted by molar-refractivity contribution is 6.70. The third-order valence-electron chi connectivity index (χ3n) is 1.81. The third-order valence-corrected chi connectivity index (χ3v) is 2.67. The van der Waals surface area contributed by atoms with E-state index >= 15 is 0 Å². The normalized spacial score (nSPS) is 10.9. The van der Waals surface area contributed by atoms with E-state index < -0.39 is 13.2 Å². The van der Waals surface area contributed by atoms with E-state index in [1.54, 1.807) is 12.1 Å². The fourth-order valence-corrected chi connectivity index (χ4v) is 2.08. The lowest BCUT2D eigenvalue weighted by atomic mass is 10.2. The van der Waals surface area contributed by atoms with Crippen LogP contribution >= 0.6 is 0 Å². The van der Waals surface area contributed by atoms with Gasteiger partial charge in [0.2, 0.25) is 8.32 Å². The average molecular weight is 237 g/mol. The largest absolute Gasteiger partial charge is 0.544 e. The maximum atomic E-state index is 10.6. The molecule has 0 fully saturated rings. The first-order valence-corrected chi connectivity index (χ1v) is 8.33. The molecule has 0 aliphatic heterocycles. The van der Waals surface area contributed by atoms with E-state index in [1.165, 1.54) is 12.1 Å². The summed E-state index contributed by atoms with van der Waals surface area (Å²) in [5.74, 6) is 0.503. The predicted molar refractivity (Wildman–Crippen MR) is 66.6 cm³/mol. The number of nitro groups is 1. The summed E-state index contributed by atoms with van der Waals surface area (Å²) in [5.41, 5.74) is 0.717. The highest BCUT2D eigenvalue weighted by Gasteiger charge is 2.18. The molecule has 0 atom stereocenters. The topological polar surface area (TPSA) is 52.4 Å². The molecule has 0 bridgehead atoms. The van der Waals surface area contributed by atoms with Gasteiger partial charge in [0.25, 0.3) is 5.69 Å². The molecule has 1 aromatic rings. The van der Waals surface area contributed by atoms with Crippen LogP contribution in [0.2, 0.25) is 19.6 Å². The molecule has 1 aromatic carbocycles. The summed E-state index contributed by atoms with van der Waals surface area (Å²) in [6, 6.07) is 6.31. The van der Waals surface area contributed by atoms with Crippen molar-refractivity contribution in [3.63, 3.8) is 0 Å². The minimum absolute atomic E-state index is 0.0535. The van der Waals surface area contributed by atoms with Crippen LogP contribution in [0.15, 0.2) is 30.8 Å². The average Bonchev–Trinajstić information content (AvgIpc) is 2.15. The molecule has 0 aliphatic rings. The summed E-state index contributed by atoms with van der Waals surface area (Å²) in [6.45, 7) is 9.91. The third kappa shape index (κ3) is 3.51. The van der Waals surface area contributed by atoms with E-state index in [9.17, 15) is 10.1 Å². The summed E-state index contributed by atoms with van der Waals surface area (Å²) >= 11 is 0. The molecule has 86 valence electrons. The lowest BCUT2D eigenvalue weighted by Gasteiger charge is -2.20. The zero-order valence-corrected chi connectivity index (χ0v) is 10.7. The molecule has 0 saturated carbocycles. The van der Waals surface area contributed by atoms with Gasteiger partial charge in [0.05, 0.1) is 4.92 Å². The highest BCUT2D eigenvalue weighted by atomic mass is 28.4. The van der Waals surface area contributed by atoms with Gasteiger partial charge < -0.3 is 4.43 Å². The van der Waals surface area contributed by atoms with E-state index in [0.29, 0.717) is 11.3 Å². The van der Waals surface area contributed by atoms with Gasteiger partial charge in [-0.15, -0.1) is 0 Å². The van der Waals surface area contributed by atoms with Crippen molar-refractivity contribution in [3.8, 4) is 0 Å². The maximum absolute atomic E-state index is 10.6. The Kier molecular flexibility index (Phi) is 3.49. The van der Waals surface area contributed by atoms with Crippen LogP contribution in [-0.4, -0.2) is 13.2 Å². The first-order valence-electron chi connectivity index (χ1n) is 4.92. The van der Waals surface area contributed by atoms with Crippen molar-refractivity contribution < 1.29 is 9.35 Å². The molecule has 0 heterocycles. The first-order chi connectivity index (χ1) is 7.29. The van der Waals surface area contributed by atoms with E-state index in [-0.39, 0.29) is 5.69 Å². The Morgan fingerprint density at radius 1 is 1.44 bits per heavy atom. The lowest BCUT2D eigenvalue weighted by molar-refractivity contribution is -0.384. The molecule has 0 unspecified atom stereocenters. The van der Waals surface area contributed by atoms with E-state index in [2.05, 4.69) is 6.58 Å². The number of hydrogen-bond donors (Lipinski definition) is 0. The Hall–Kier alpha value is -1.62. The minimum Gasteiger partial charge on any atom is -0.544 e. The quantitative estimate of drug-likeness (QED) is 0.349. The number of rotatable bonds is 4. The van der Waals surface area contributed by atoms with Gasteiger partial charge >= 0.3 is 0 Å². The first kappa shape index (κ1) is 12.4. The van der Waals surface area contributed by atoms with Crippen molar-refractivity contribution in [2.45, 2.75) is 19.6 Å². The number of hydrogen-bond acceptors (Lipinski definition) is 3. The predicted octanol–water partition coefficient (Wildman–Crippen LogP) is 3.42. The Morgan fingerprint density at radius 3 is 2.56 bits per heavy atom. The van der Waals surface area contributed by atoms with Crippen molar-refractivity contribution >= 4 is 19.8 Å². The zero-order valence-electron chi connectivity index (χ0n) is 9.69. The summed E-state index contributed by atoms with van der Waals surface area (Å²) in [4.78, 5) is 10.2. The van der Waals surface area contributed by atoms with Crippen LogP contribution < -0.4 is 0 Å². The van der Waals surface area contributed by atoms with Gasteiger partial charge in [0, 0.05) is 17.7 Å². The molecule has 0 spiro atoms. The van der Waals surface area contributed by atoms with Crippen LogP contribution in [0.1, 0.15) is 5.56 Å². The molecular formula is C11H15NO3Si. The second-order valence-corrected chi connectivity index (χ2v) is 8.87. The van der Waals surface area contributed by atoms with Crippen LogP contribution in [-0.2, 0) is 4.43 Å². The maximum Gasteiger partial charge on any atom is 0.270 e. The van der Waals surface area contributed by atoms with Gasteiger partial charge in [0.15, 0.2) is 0 Å². The zero-order chi connectivity index (χ0) is 12.3. The SMILES string of the molecule is C=C(O[Si](C)(C)C)c1cccc([N+](=O)[O-])c1. The molecule has 5 heteroatoms. The Bertz CT molecular complexity index is 423. The number of non-ortho nitro benzene ring substituents is 1. The summed E-state index contributed by atoms with van der Waals surface area (Å²) in [5, 5.41) is 10.6. The molecule has 0 aromatic heterocycles. The van der Waals surface area contributed by atoms with Crippen molar-refractivity contribution in [1.29, 1.82) is 0 Å². The van der Waals surface area contributed by atoms with Crippen LogP contribution in [0.25, 0.3) is 5.76 Å². The van der Waals surface area contributed by atoms with Crippen molar-refractivity contribution in [2.24, 2.45) is 0 Å². The van der Waals surface area contributed by atoms with Crippen LogP contribution in [0.3, 0.4) is 0 Å². The molecule has 0 radical (unpaired) electrons. The standard InChI is InChI=1S/C11H15NO3Si/c1-9(15-16(2,3)4)10-6-5-7-11(8-10)12(13)14/h5-8H,1H2,2-4H3. The molecule has 0 saturated heterocycles. The van der Waals surface area contributed by atoms with Crippen molar-refractivity contribution in [1.82, 2.24) is 0 Å². The molecule has 1 rings (SSSR count). The van der Waals surface area contributed by atoms with E-state index in [0.717, 1.165) is 0 Å². The van der Waals surface area contributed by atoms with E-state index in [4.69, 9.17) is 4.43 Å². The molecular weight excluding hydrogens is 222 g/mol. The smallest absolute Gasteiger partial charge is 0.270 e. The van der Waals surface area contributed by atoms with Crippen LogP contribution in [0, 0.1) is 10.1 Å². The second kappa shape index (κ2) is 4.48. The van der Waals surface area contributed by atoms with Gasteiger partial charge in [-0.1, -0.05) is 18.7 Å². The van der Waals surface area contributed by atoms with Crippen molar-refractivity contribution in [3.05, 3.63) is 46.5 Å². The monoisotopic (exact) mass is 237 g/mol. The summed E-state index contributed by atoms with van der Waals surface area (Å²) in [6.07, 6.45) is 0. The van der Waals surface area contributed by atoms with Gasteiger partial charge in [-0.3, -0.25) is 10.1 Å². The second-order valence-electron chi connectivity index (χ2n) is 4.45. The van der Waals surface area contributed by atoms with Gasteiger partial charge in [-0.25, -0.2) is 0 Å². The minimum atomic E-state index is -1.72. The summed E-state index contributed by atoms with van der Waals surface area (Å²) < 4.78 is 5.68. The van der Waals surface area contributed by atoms with Gasteiger partial charge in [-0.2, -0.15) is 0 Å². The lowest BCUT2D eigenvalue weighted by Crippen LogP contribution is -2.24. The Balaban J connectivity index is 2.92. The molecule has 0 aliphatic carbocycles. The number of benzene rings is 1. The van der Waals surface area contributed by atoms with Crippen LogP contribution in [0.5, 0.6) is 0 Å². The summed E-state index contributed by atoms with van der Waals surface area (Å²) in [7, 11) is -1.72. The molecule has 0 amide bonds. The fraction of sp³-hybridized carbons (Fsp3) is 0.273. The van der Waals surface area contributed by atoms with Gasteiger partial charge in [-0.05, 0) is 19.6 Å². The number of nitro benzene ring substituents is 1. The Morgan fingerprint density at radius 2 is 2.06 bits per heavy atom. The van der Waals surface area contributed by atoms with Gasteiger partial charge in [0.1, 0.15) is 5.76 Å². The molecule has 16 heavy (non-hydrogen) atoms. The van der Waals surface area contributed by atoms with Crippen LogP contribution in [0.4, 0.5) is 5.69 Å². The van der Waals surface area contributed by atoms with Crippen molar-refractivity contribution in [2.75, 3.05) is 0 Å². The fourth-order valence-electron chi connectivity index (χ4n) is 1.22. The molecule has 4 nitrogen and oxygen atoms in total. The molecule has 0 N–H and O–H groups in total. The Labute approximate surface area is 95.8 Å². The highest BCUT2D eigenvalue weighted by Crippen LogP contribution is 2.22. The van der Waals surface area contributed by atoms with E-state index in [1.807, 2.05) is 19.6 Å². The number of nitrogens with zero attached hydrogens (tertiary/aromatic N) is 1.